The van der Waals surface area contributed by atoms with Crippen LogP contribution in [-0.4, -0.2) is 17.9 Å². The van der Waals surface area contributed by atoms with Crippen molar-refractivity contribution in [3.05, 3.63) is 29.8 Å². The number of hydrogen-bond acceptors (Lipinski definition) is 3. The summed E-state index contributed by atoms with van der Waals surface area (Å²) < 4.78 is 5.77. The van der Waals surface area contributed by atoms with Crippen LogP contribution in [0.2, 0.25) is 0 Å². The van der Waals surface area contributed by atoms with Gasteiger partial charge in [-0.2, -0.15) is 5.10 Å². The van der Waals surface area contributed by atoms with Crippen LogP contribution < -0.4 is 15.9 Å². The van der Waals surface area contributed by atoms with Gasteiger partial charge in [-0.25, -0.2) is 0 Å². The first-order valence-corrected chi connectivity index (χ1v) is 9.94. The molecule has 0 amide bonds. The van der Waals surface area contributed by atoms with Crippen molar-refractivity contribution < 1.29 is 4.74 Å². The van der Waals surface area contributed by atoms with Crippen molar-refractivity contribution in [3.8, 4) is 5.75 Å². The highest BCUT2D eigenvalue weighted by Gasteiger charge is 1.96. The summed E-state index contributed by atoms with van der Waals surface area (Å²) >= 11 is 4.68. The standard InChI is InChI=1S/C20H33N3OS/c1-2-3-4-5-6-7-8-9-10-11-16-24-19-14-12-18(13-15-19)17-22-23-20(21)25/h12-15,17H,2-11,16H2,1H3,(H3,21,23,25)/b22-17+. The fourth-order valence-corrected chi connectivity index (χ4v) is 2.65. The summed E-state index contributed by atoms with van der Waals surface area (Å²) in [5, 5.41) is 4.08. The number of thiocarbonyl (C=S) groups is 1. The summed E-state index contributed by atoms with van der Waals surface area (Å²) in [4.78, 5) is 0. The quantitative estimate of drug-likeness (QED) is 0.208. The van der Waals surface area contributed by atoms with Gasteiger partial charge >= 0.3 is 0 Å². The van der Waals surface area contributed by atoms with Gasteiger partial charge in [0, 0.05) is 0 Å². The molecular formula is C20H33N3OS. The first-order valence-electron chi connectivity index (χ1n) is 9.53. The number of ether oxygens (including phenoxy) is 1. The van der Waals surface area contributed by atoms with Gasteiger partial charge < -0.3 is 10.5 Å². The molecule has 0 radical (unpaired) electrons. The second-order valence-corrected chi connectivity index (χ2v) is 6.77. The van der Waals surface area contributed by atoms with E-state index in [-0.39, 0.29) is 5.11 Å². The highest BCUT2D eigenvalue weighted by molar-refractivity contribution is 7.80. The van der Waals surface area contributed by atoms with E-state index in [0.717, 1.165) is 24.3 Å². The summed E-state index contributed by atoms with van der Waals surface area (Å²) in [6.45, 7) is 3.05. The molecule has 4 nitrogen and oxygen atoms in total. The minimum absolute atomic E-state index is 0.160. The van der Waals surface area contributed by atoms with E-state index < -0.39 is 0 Å². The summed E-state index contributed by atoms with van der Waals surface area (Å²) in [5.41, 5.74) is 8.80. The zero-order valence-electron chi connectivity index (χ0n) is 15.5. The van der Waals surface area contributed by atoms with E-state index in [1.54, 1.807) is 6.21 Å². The van der Waals surface area contributed by atoms with Crippen molar-refractivity contribution in [2.45, 2.75) is 71.1 Å². The van der Waals surface area contributed by atoms with Crippen LogP contribution in [0.1, 0.15) is 76.7 Å². The number of nitrogens with two attached hydrogens (primary N) is 1. The van der Waals surface area contributed by atoms with E-state index in [2.05, 4.69) is 29.7 Å². The van der Waals surface area contributed by atoms with Crippen molar-refractivity contribution in [2.24, 2.45) is 10.8 Å². The topological polar surface area (TPSA) is 59.6 Å². The lowest BCUT2D eigenvalue weighted by Gasteiger charge is -2.06. The zero-order chi connectivity index (χ0) is 18.2. The highest BCUT2D eigenvalue weighted by atomic mass is 32.1. The first-order chi connectivity index (χ1) is 12.2. The number of unbranched alkanes of at least 4 members (excludes halogenated alkanes) is 9. The predicted octanol–water partition coefficient (Wildman–Crippen LogP) is 5.15. The Morgan fingerprint density at radius 1 is 1.00 bits per heavy atom. The van der Waals surface area contributed by atoms with Gasteiger partial charge in [0.05, 0.1) is 12.8 Å². The maximum absolute atomic E-state index is 5.77. The molecule has 1 aromatic carbocycles. The Labute approximate surface area is 158 Å². The number of rotatable bonds is 14. The molecule has 5 heteroatoms. The average molecular weight is 364 g/mol. The molecule has 0 aliphatic heterocycles. The fraction of sp³-hybridized carbons (Fsp3) is 0.600. The summed E-state index contributed by atoms with van der Waals surface area (Å²) in [7, 11) is 0. The van der Waals surface area contributed by atoms with Gasteiger partial charge in [-0.05, 0) is 48.5 Å². The van der Waals surface area contributed by atoms with E-state index in [4.69, 9.17) is 10.5 Å². The zero-order valence-corrected chi connectivity index (χ0v) is 16.3. The van der Waals surface area contributed by atoms with Gasteiger partial charge in [0.25, 0.3) is 0 Å². The Kier molecular flexibility index (Phi) is 12.6. The van der Waals surface area contributed by atoms with Crippen LogP contribution in [0.25, 0.3) is 0 Å². The molecule has 25 heavy (non-hydrogen) atoms. The largest absolute Gasteiger partial charge is 0.494 e. The molecule has 3 N–H and O–H groups in total. The van der Waals surface area contributed by atoms with Crippen LogP contribution in [0.3, 0.4) is 0 Å². The number of nitrogens with zero attached hydrogens (tertiary/aromatic N) is 1. The first kappa shape index (κ1) is 21.4. The molecule has 0 saturated carbocycles. The Hall–Kier alpha value is -1.62. The molecule has 140 valence electrons. The van der Waals surface area contributed by atoms with Gasteiger partial charge in [0.15, 0.2) is 5.11 Å². The second-order valence-electron chi connectivity index (χ2n) is 6.33. The van der Waals surface area contributed by atoms with Crippen LogP contribution in [0, 0.1) is 0 Å². The van der Waals surface area contributed by atoms with E-state index in [1.165, 1.54) is 57.8 Å². The van der Waals surface area contributed by atoms with Crippen LogP contribution in [0.15, 0.2) is 29.4 Å². The minimum atomic E-state index is 0.160. The molecule has 0 aliphatic carbocycles. The fourth-order valence-electron chi connectivity index (χ4n) is 2.60. The number of hydrogen-bond donors (Lipinski definition) is 2. The monoisotopic (exact) mass is 363 g/mol. The third-order valence-electron chi connectivity index (χ3n) is 4.04. The molecule has 0 bridgehead atoms. The molecule has 0 saturated heterocycles. The summed E-state index contributed by atoms with van der Waals surface area (Å²) in [6, 6.07) is 7.83. The van der Waals surface area contributed by atoms with Crippen LogP contribution in [0.5, 0.6) is 5.75 Å². The molecule has 0 heterocycles. The molecule has 0 unspecified atom stereocenters. The molecule has 0 aromatic heterocycles. The molecule has 1 aromatic rings. The molecular weight excluding hydrogens is 330 g/mol. The predicted molar refractivity (Wildman–Crippen MR) is 111 cm³/mol. The SMILES string of the molecule is CCCCCCCCCCCCOc1ccc(/C=N/NC(N)=S)cc1. The second kappa shape index (κ2) is 14.7. The Balaban J connectivity index is 2.01. The van der Waals surface area contributed by atoms with Gasteiger partial charge in [-0.3, -0.25) is 5.43 Å². The third kappa shape index (κ3) is 12.4. The molecule has 0 spiro atoms. The lowest BCUT2D eigenvalue weighted by Crippen LogP contribution is -2.23. The smallest absolute Gasteiger partial charge is 0.184 e. The molecule has 1 rings (SSSR count). The van der Waals surface area contributed by atoms with Gasteiger partial charge in [-0.1, -0.05) is 64.7 Å². The molecule has 0 aliphatic rings. The van der Waals surface area contributed by atoms with Crippen molar-refractivity contribution >= 4 is 23.5 Å². The van der Waals surface area contributed by atoms with E-state index in [1.807, 2.05) is 24.3 Å². The van der Waals surface area contributed by atoms with Crippen molar-refractivity contribution in [1.29, 1.82) is 0 Å². The minimum Gasteiger partial charge on any atom is -0.494 e. The van der Waals surface area contributed by atoms with E-state index >= 15 is 0 Å². The summed E-state index contributed by atoms with van der Waals surface area (Å²) in [6.07, 6.45) is 15.1. The molecule has 0 atom stereocenters. The van der Waals surface area contributed by atoms with Crippen LogP contribution in [0.4, 0.5) is 0 Å². The maximum Gasteiger partial charge on any atom is 0.184 e. The lowest BCUT2D eigenvalue weighted by molar-refractivity contribution is 0.304. The average Bonchev–Trinajstić information content (AvgIpc) is 2.60. The summed E-state index contributed by atoms with van der Waals surface area (Å²) in [5.74, 6) is 0.898. The maximum atomic E-state index is 5.77. The van der Waals surface area contributed by atoms with E-state index in [0.29, 0.717) is 0 Å². The van der Waals surface area contributed by atoms with Crippen molar-refractivity contribution in [2.75, 3.05) is 6.61 Å². The van der Waals surface area contributed by atoms with Crippen molar-refractivity contribution in [3.63, 3.8) is 0 Å². The van der Waals surface area contributed by atoms with Gasteiger partial charge in [0.2, 0.25) is 0 Å². The van der Waals surface area contributed by atoms with Crippen molar-refractivity contribution in [1.82, 2.24) is 5.43 Å². The van der Waals surface area contributed by atoms with Gasteiger partial charge in [0.1, 0.15) is 5.75 Å². The van der Waals surface area contributed by atoms with Gasteiger partial charge in [-0.15, -0.1) is 0 Å². The number of hydrazone groups is 1. The van der Waals surface area contributed by atoms with Crippen LogP contribution in [-0.2, 0) is 0 Å². The Morgan fingerprint density at radius 2 is 1.56 bits per heavy atom. The highest BCUT2D eigenvalue weighted by Crippen LogP contribution is 2.13. The Bertz CT molecular complexity index is 488. The lowest BCUT2D eigenvalue weighted by atomic mass is 10.1. The van der Waals surface area contributed by atoms with Crippen LogP contribution >= 0.6 is 12.2 Å². The normalized spacial score (nSPS) is 10.9. The molecule has 0 fully saturated rings. The number of benzene rings is 1. The third-order valence-corrected chi connectivity index (χ3v) is 4.13. The number of nitrogens with one attached hydrogen (secondary N) is 1. The Morgan fingerprint density at radius 3 is 2.12 bits per heavy atom. The van der Waals surface area contributed by atoms with E-state index in [9.17, 15) is 0 Å².